The molecule has 7 nitrogen and oxygen atoms in total. The van der Waals surface area contributed by atoms with E-state index in [-0.39, 0.29) is 18.0 Å². The van der Waals surface area contributed by atoms with Crippen LogP contribution in [0, 0.1) is 17.0 Å². The highest BCUT2D eigenvalue weighted by atomic mass is 79.9. The number of ether oxygens (including phenoxy) is 1. The summed E-state index contributed by atoms with van der Waals surface area (Å²) in [7, 11) is 0. The number of rotatable bonds is 8. The van der Waals surface area contributed by atoms with Gasteiger partial charge in [0.1, 0.15) is 5.75 Å². The van der Waals surface area contributed by atoms with Gasteiger partial charge in [-0.2, -0.15) is 5.10 Å². The van der Waals surface area contributed by atoms with Gasteiger partial charge in [0.15, 0.2) is 0 Å². The second kappa shape index (κ2) is 9.67. The summed E-state index contributed by atoms with van der Waals surface area (Å²) >= 11 is 3.44. The number of nitrogens with one attached hydrogen (secondary N) is 1. The van der Waals surface area contributed by atoms with Gasteiger partial charge in [0.2, 0.25) is 5.91 Å². The predicted octanol–water partition coefficient (Wildman–Crippen LogP) is 3.98. The fraction of sp³-hybridized carbons (Fsp3) is 0.222. The molecule has 0 bridgehead atoms. The van der Waals surface area contributed by atoms with Crippen molar-refractivity contribution in [1.29, 1.82) is 0 Å². The van der Waals surface area contributed by atoms with Crippen molar-refractivity contribution >= 4 is 33.7 Å². The van der Waals surface area contributed by atoms with E-state index in [4.69, 9.17) is 4.74 Å². The van der Waals surface area contributed by atoms with Crippen LogP contribution in [-0.4, -0.2) is 23.7 Å². The highest BCUT2D eigenvalue weighted by molar-refractivity contribution is 9.10. The molecule has 136 valence electrons. The fourth-order valence-corrected chi connectivity index (χ4v) is 2.66. The third-order valence-electron chi connectivity index (χ3n) is 3.40. The minimum absolute atomic E-state index is 0.00592. The Bertz CT molecular complexity index is 807. The van der Waals surface area contributed by atoms with E-state index >= 15 is 0 Å². The first-order valence-electron chi connectivity index (χ1n) is 7.91. The van der Waals surface area contributed by atoms with Gasteiger partial charge in [0.05, 0.1) is 22.2 Å². The highest BCUT2D eigenvalue weighted by Crippen LogP contribution is 2.25. The van der Waals surface area contributed by atoms with Crippen molar-refractivity contribution in [1.82, 2.24) is 5.43 Å². The summed E-state index contributed by atoms with van der Waals surface area (Å²) in [4.78, 5) is 21.8. The van der Waals surface area contributed by atoms with Crippen LogP contribution in [0.3, 0.4) is 0 Å². The Labute approximate surface area is 159 Å². The van der Waals surface area contributed by atoms with Gasteiger partial charge in [0.25, 0.3) is 5.69 Å². The Morgan fingerprint density at radius 2 is 2.04 bits per heavy atom. The summed E-state index contributed by atoms with van der Waals surface area (Å²) in [5, 5.41) is 14.4. The minimum Gasteiger partial charge on any atom is -0.492 e. The number of hydrogen-bond donors (Lipinski definition) is 1. The SMILES string of the molecule is Cc1ccc(OCCCC(=O)N/N=C/c2ccc([N+](=O)[O-])cc2)c(Br)c1. The van der Waals surface area contributed by atoms with Gasteiger partial charge in [-0.05, 0) is 64.7 Å². The van der Waals surface area contributed by atoms with Gasteiger partial charge >= 0.3 is 0 Å². The van der Waals surface area contributed by atoms with Crippen molar-refractivity contribution < 1.29 is 14.5 Å². The number of non-ortho nitro benzene ring substituents is 1. The van der Waals surface area contributed by atoms with Gasteiger partial charge in [-0.3, -0.25) is 14.9 Å². The number of nitro benzene ring substituents is 1. The van der Waals surface area contributed by atoms with E-state index in [1.165, 1.54) is 18.3 Å². The van der Waals surface area contributed by atoms with E-state index < -0.39 is 4.92 Å². The van der Waals surface area contributed by atoms with Crippen LogP contribution in [0.5, 0.6) is 5.75 Å². The van der Waals surface area contributed by atoms with Crippen LogP contribution in [0.15, 0.2) is 52.0 Å². The lowest BCUT2D eigenvalue weighted by molar-refractivity contribution is -0.384. The molecule has 0 spiro atoms. The molecule has 2 aromatic carbocycles. The molecule has 0 unspecified atom stereocenters. The number of hydrazone groups is 1. The Balaban J connectivity index is 1.69. The zero-order valence-corrected chi connectivity index (χ0v) is 15.7. The Morgan fingerprint density at radius 1 is 1.31 bits per heavy atom. The van der Waals surface area contributed by atoms with E-state index in [0.717, 1.165) is 15.8 Å². The first-order valence-corrected chi connectivity index (χ1v) is 8.70. The van der Waals surface area contributed by atoms with Gasteiger partial charge < -0.3 is 4.74 Å². The average Bonchev–Trinajstić information content (AvgIpc) is 2.60. The quantitative estimate of drug-likeness (QED) is 0.303. The van der Waals surface area contributed by atoms with Gasteiger partial charge in [-0.1, -0.05) is 6.07 Å². The van der Waals surface area contributed by atoms with E-state index in [0.29, 0.717) is 18.6 Å². The molecule has 8 heteroatoms. The molecule has 0 aliphatic carbocycles. The molecule has 1 amide bonds. The smallest absolute Gasteiger partial charge is 0.269 e. The highest BCUT2D eigenvalue weighted by Gasteiger charge is 2.04. The van der Waals surface area contributed by atoms with Crippen molar-refractivity contribution in [2.45, 2.75) is 19.8 Å². The van der Waals surface area contributed by atoms with Crippen LogP contribution in [0.1, 0.15) is 24.0 Å². The van der Waals surface area contributed by atoms with Crippen LogP contribution >= 0.6 is 15.9 Å². The predicted molar refractivity (Wildman–Crippen MR) is 102 cm³/mol. The number of aryl methyl sites for hydroxylation is 1. The number of carbonyl (C=O) groups is 1. The molecule has 0 fully saturated rings. The zero-order valence-electron chi connectivity index (χ0n) is 14.1. The van der Waals surface area contributed by atoms with E-state index in [1.54, 1.807) is 12.1 Å². The maximum absolute atomic E-state index is 11.7. The molecule has 1 N–H and O–H groups in total. The number of nitrogens with zero attached hydrogens (tertiary/aromatic N) is 2. The normalized spacial score (nSPS) is 10.7. The number of benzene rings is 2. The molecule has 0 saturated heterocycles. The number of halogens is 1. The van der Waals surface area contributed by atoms with Crippen molar-refractivity contribution in [3.05, 3.63) is 68.2 Å². The van der Waals surface area contributed by atoms with Crippen molar-refractivity contribution in [2.75, 3.05) is 6.61 Å². The molecule has 0 heterocycles. The van der Waals surface area contributed by atoms with Crippen LogP contribution < -0.4 is 10.2 Å². The fourth-order valence-electron chi connectivity index (χ4n) is 2.05. The molecule has 0 radical (unpaired) electrons. The molecular formula is C18H18BrN3O4. The number of carbonyl (C=O) groups excluding carboxylic acids is 1. The maximum Gasteiger partial charge on any atom is 0.269 e. The topological polar surface area (TPSA) is 93.8 Å². The largest absolute Gasteiger partial charge is 0.492 e. The van der Waals surface area contributed by atoms with Crippen LogP contribution in [0.4, 0.5) is 5.69 Å². The van der Waals surface area contributed by atoms with Crippen LogP contribution in [0.2, 0.25) is 0 Å². The Kier molecular flexibility index (Phi) is 7.28. The number of hydrogen-bond acceptors (Lipinski definition) is 5. The summed E-state index contributed by atoms with van der Waals surface area (Å²) in [6.45, 7) is 2.41. The molecule has 2 rings (SSSR count). The van der Waals surface area contributed by atoms with Gasteiger partial charge in [-0.15, -0.1) is 0 Å². The van der Waals surface area contributed by atoms with Gasteiger partial charge in [0, 0.05) is 18.6 Å². The third-order valence-corrected chi connectivity index (χ3v) is 4.02. The molecular weight excluding hydrogens is 402 g/mol. The monoisotopic (exact) mass is 419 g/mol. The summed E-state index contributed by atoms with van der Waals surface area (Å²) < 4.78 is 6.51. The van der Waals surface area contributed by atoms with Crippen LogP contribution in [0.25, 0.3) is 0 Å². The Morgan fingerprint density at radius 3 is 2.69 bits per heavy atom. The minimum atomic E-state index is -0.472. The summed E-state index contributed by atoms with van der Waals surface area (Å²) in [5.74, 6) is 0.516. The molecule has 0 saturated carbocycles. The third kappa shape index (κ3) is 6.29. The van der Waals surface area contributed by atoms with Crippen LogP contribution in [-0.2, 0) is 4.79 Å². The Hall–Kier alpha value is -2.74. The molecule has 2 aromatic rings. The first kappa shape index (κ1) is 19.6. The summed E-state index contributed by atoms with van der Waals surface area (Å²) in [6.07, 6.45) is 2.27. The van der Waals surface area contributed by atoms with E-state index in [9.17, 15) is 14.9 Å². The number of nitro groups is 1. The molecule has 26 heavy (non-hydrogen) atoms. The van der Waals surface area contributed by atoms with E-state index in [2.05, 4.69) is 26.5 Å². The second-order valence-electron chi connectivity index (χ2n) is 5.53. The average molecular weight is 420 g/mol. The standard InChI is InChI=1S/C18H18BrN3O4/c1-13-4-9-17(16(19)11-13)26-10-2-3-18(23)21-20-12-14-5-7-15(8-6-14)22(24)25/h4-9,11-12H,2-3,10H2,1H3,(H,21,23)/b20-12+. The first-order chi connectivity index (χ1) is 12.5. The zero-order chi connectivity index (χ0) is 18.9. The lowest BCUT2D eigenvalue weighted by Crippen LogP contribution is -2.18. The second-order valence-corrected chi connectivity index (χ2v) is 6.38. The maximum atomic E-state index is 11.7. The summed E-state index contributed by atoms with van der Waals surface area (Å²) in [5.41, 5.74) is 4.21. The lowest BCUT2D eigenvalue weighted by Gasteiger charge is -2.08. The van der Waals surface area contributed by atoms with E-state index in [1.807, 2.05) is 25.1 Å². The number of amides is 1. The molecule has 0 aliphatic rings. The van der Waals surface area contributed by atoms with Crippen molar-refractivity contribution in [2.24, 2.45) is 5.10 Å². The van der Waals surface area contributed by atoms with Crippen molar-refractivity contribution in [3.8, 4) is 5.75 Å². The molecule has 0 aliphatic heterocycles. The molecule has 0 aromatic heterocycles. The summed E-state index contributed by atoms with van der Waals surface area (Å²) in [6, 6.07) is 11.7. The molecule has 0 atom stereocenters. The van der Waals surface area contributed by atoms with Crippen molar-refractivity contribution in [3.63, 3.8) is 0 Å². The lowest BCUT2D eigenvalue weighted by atomic mass is 10.2. The van der Waals surface area contributed by atoms with Gasteiger partial charge in [-0.25, -0.2) is 5.43 Å².